The number of pyridine rings is 1. The average Bonchev–Trinajstić information content (AvgIpc) is 3.19. The summed E-state index contributed by atoms with van der Waals surface area (Å²) >= 11 is 0. The van der Waals surface area contributed by atoms with E-state index in [1.165, 1.54) is 0 Å². The molecule has 0 bridgehead atoms. The summed E-state index contributed by atoms with van der Waals surface area (Å²) in [5.41, 5.74) is 1.50. The minimum Gasteiger partial charge on any atom is -0.497 e. The van der Waals surface area contributed by atoms with Gasteiger partial charge in [0.25, 0.3) is 0 Å². The Bertz CT molecular complexity index is 956. The molecule has 0 spiro atoms. The van der Waals surface area contributed by atoms with Crippen LogP contribution in [0.15, 0.2) is 61.2 Å². The summed E-state index contributed by atoms with van der Waals surface area (Å²) in [4.78, 5) is 14.5. The molecule has 4 rings (SSSR count). The Morgan fingerprint density at radius 1 is 1.20 bits per heavy atom. The number of benzene rings is 1. The smallest absolute Gasteiger partial charge is 0.225 e. The molecule has 8 heteroatoms. The maximum Gasteiger partial charge on any atom is 0.225 e. The van der Waals surface area contributed by atoms with E-state index in [-0.39, 0.29) is 12.5 Å². The molecule has 1 aliphatic heterocycles. The molecule has 1 aromatic carbocycles. The number of rotatable bonds is 7. The Morgan fingerprint density at radius 3 is 2.60 bits per heavy atom. The van der Waals surface area contributed by atoms with E-state index in [0.29, 0.717) is 25.6 Å². The lowest BCUT2D eigenvalue weighted by atomic mass is 9.81. The predicted octanol–water partition coefficient (Wildman–Crippen LogP) is 2.13. The first-order chi connectivity index (χ1) is 14.6. The van der Waals surface area contributed by atoms with Crippen LogP contribution in [0.25, 0.3) is 0 Å². The molecule has 1 fully saturated rings. The number of methoxy groups -OCH3 is 1. The van der Waals surface area contributed by atoms with Gasteiger partial charge in [-0.2, -0.15) is 0 Å². The van der Waals surface area contributed by atoms with Gasteiger partial charge in [-0.25, -0.2) is 14.4 Å². The van der Waals surface area contributed by atoms with Crippen molar-refractivity contribution in [1.29, 1.82) is 0 Å². The summed E-state index contributed by atoms with van der Waals surface area (Å²) in [5, 5.41) is 13.9. The molecule has 2 atom stereocenters. The number of aromatic nitrogens is 3. The van der Waals surface area contributed by atoms with Crippen molar-refractivity contribution < 1.29 is 14.2 Å². The van der Waals surface area contributed by atoms with Gasteiger partial charge >= 0.3 is 0 Å². The minimum atomic E-state index is -0.569. The van der Waals surface area contributed by atoms with Crippen molar-refractivity contribution in [1.82, 2.24) is 20.3 Å². The van der Waals surface area contributed by atoms with Crippen LogP contribution in [0.4, 0.5) is 10.3 Å². The Morgan fingerprint density at radius 2 is 1.97 bits per heavy atom. The molecule has 1 saturated heterocycles. The van der Waals surface area contributed by atoms with Gasteiger partial charge in [0.05, 0.1) is 25.0 Å². The van der Waals surface area contributed by atoms with Crippen molar-refractivity contribution in [2.75, 3.05) is 31.7 Å². The molecular weight excluding hydrogens is 385 g/mol. The highest BCUT2D eigenvalue weighted by Crippen LogP contribution is 2.38. The van der Waals surface area contributed by atoms with Crippen LogP contribution in [-0.4, -0.2) is 46.9 Å². The van der Waals surface area contributed by atoms with E-state index in [2.05, 4.69) is 20.3 Å². The van der Waals surface area contributed by atoms with Gasteiger partial charge in [-0.1, -0.05) is 18.2 Å². The summed E-state index contributed by atoms with van der Waals surface area (Å²) in [6.45, 7) is 1.62. The van der Waals surface area contributed by atoms with Gasteiger partial charge in [0.15, 0.2) is 5.82 Å². The third kappa shape index (κ3) is 3.96. The maximum atomic E-state index is 13.3. The monoisotopic (exact) mass is 409 g/mol. The van der Waals surface area contributed by atoms with Gasteiger partial charge in [0.2, 0.25) is 5.95 Å². The first-order valence-corrected chi connectivity index (χ1v) is 9.76. The quantitative estimate of drug-likeness (QED) is 0.619. The third-order valence-corrected chi connectivity index (χ3v) is 5.63. The van der Waals surface area contributed by atoms with Crippen LogP contribution in [0.2, 0.25) is 0 Å². The van der Waals surface area contributed by atoms with Crippen LogP contribution in [0.3, 0.4) is 0 Å². The largest absolute Gasteiger partial charge is 0.497 e. The number of nitrogens with one attached hydrogen (secondary N) is 1. The van der Waals surface area contributed by atoms with E-state index in [0.717, 1.165) is 29.3 Å². The van der Waals surface area contributed by atoms with E-state index in [1.807, 2.05) is 47.5 Å². The zero-order valence-corrected chi connectivity index (χ0v) is 16.7. The molecule has 0 radical (unpaired) electrons. The number of halogens is 1. The Kier molecular flexibility index (Phi) is 5.87. The van der Waals surface area contributed by atoms with Gasteiger partial charge in [-0.05, 0) is 29.3 Å². The number of hydrogen-bond donors (Lipinski definition) is 2. The second kappa shape index (κ2) is 8.73. The highest BCUT2D eigenvalue weighted by molar-refractivity contribution is 5.39. The number of aliphatic hydroxyl groups is 1. The SMILES string of the molecule is COc1ccc(CNC2(c3cccnc3)CN(c3ncc(F)cn3)CC2CO)cc1. The van der Waals surface area contributed by atoms with E-state index in [4.69, 9.17) is 4.74 Å². The third-order valence-electron chi connectivity index (χ3n) is 5.63. The molecule has 1 aliphatic rings. The number of hydrogen-bond acceptors (Lipinski definition) is 7. The molecular formula is C22H24FN5O2. The van der Waals surface area contributed by atoms with Gasteiger partial charge in [-0.3, -0.25) is 4.98 Å². The summed E-state index contributed by atoms with van der Waals surface area (Å²) in [7, 11) is 1.64. The van der Waals surface area contributed by atoms with Crippen LogP contribution in [0.1, 0.15) is 11.1 Å². The molecule has 0 saturated carbocycles. The molecule has 3 heterocycles. The van der Waals surface area contributed by atoms with Crippen molar-refractivity contribution in [2.45, 2.75) is 12.1 Å². The molecule has 2 unspecified atom stereocenters. The zero-order valence-electron chi connectivity index (χ0n) is 16.7. The number of aliphatic hydroxyl groups excluding tert-OH is 1. The van der Waals surface area contributed by atoms with Crippen LogP contribution < -0.4 is 15.0 Å². The van der Waals surface area contributed by atoms with Crippen molar-refractivity contribution >= 4 is 5.95 Å². The van der Waals surface area contributed by atoms with Crippen LogP contribution in [0, 0.1) is 11.7 Å². The lowest BCUT2D eigenvalue weighted by molar-refractivity contribution is 0.159. The summed E-state index contributed by atoms with van der Waals surface area (Å²) in [5.74, 6) is 0.628. The molecule has 2 N–H and O–H groups in total. The van der Waals surface area contributed by atoms with Gasteiger partial charge in [-0.15, -0.1) is 0 Å². The fourth-order valence-electron chi connectivity index (χ4n) is 4.01. The van der Waals surface area contributed by atoms with Crippen LogP contribution in [0.5, 0.6) is 5.75 Å². The van der Waals surface area contributed by atoms with E-state index in [1.54, 1.807) is 13.3 Å². The Balaban J connectivity index is 1.64. The number of nitrogens with zero attached hydrogens (tertiary/aromatic N) is 4. The minimum absolute atomic E-state index is 0.0256. The topological polar surface area (TPSA) is 83.4 Å². The Labute approximate surface area is 174 Å². The normalized spacial score (nSPS) is 21.0. The molecule has 3 aromatic rings. The molecule has 7 nitrogen and oxygen atoms in total. The summed E-state index contributed by atoms with van der Waals surface area (Å²) in [6.07, 6.45) is 5.86. The number of anilines is 1. The van der Waals surface area contributed by atoms with E-state index >= 15 is 0 Å². The molecule has 2 aromatic heterocycles. The standard InChI is InChI=1S/C22H24FN5O2/c1-30-20-6-4-16(5-7-20)9-27-22(17-3-2-8-24-10-17)15-28(13-18(22)14-29)21-25-11-19(23)12-26-21/h2-8,10-12,18,27,29H,9,13-15H2,1H3. The lowest BCUT2D eigenvalue weighted by Crippen LogP contribution is -2.50. The Hall–Kier alpha value is -3.10. The van der Waals surface area contributed by atoms with Gasteiger partial charge < -0.3 is 20.1 Å². The first kappa shape index (κ1) is 20.2. The molecule has 30 heavy (non-hydrogen) atoms. The second-order valence-corrected chi connectivity index (χ2v) is 7.38. The van der Waals surface area contributed by atoms with Gasteiger partial charge in [0.1, 0.15) is 5.75 Å². The molecule has 0 amide bonds. The number of ether oxygens (including phenoxy) is 1. The summed E-state index contributed by atoms with van der Waals surface area (Å²) in [6, 6.07) is 11.7. The van der Waals surface area contributed by atoms with Crippen LogP contribution >= 0.6 is 0 Å². The van der Waals surface area contributed by atoms with Crippen molar-refractivity contribution in [3.05, 3.63) is 78.1 Å². The molecule has 156 valence electrons. The second-order valence-electron chi connectivity index (χ2n) is 7.38. The van der Waals surface area contributed by atoms with Crippen molar-refractivity contribution in [3.63, 3.8) is 0 Å². The predicted molar refractivity (Wildman–Crippen MR) is 111 cm³/mol. The van der Waals surface area contributed by atoms with Crippen molar-refractivity contribution in [2.24, 2.45) is 5.92 Å². The fourth-order valence-corrected chi connectivity index (χ4v) is 4.01. The van der Waals surface area contributed by atoms with E-state index in [9.17, 15) is 9.50 Å². The maximum absolute atomic E-state index is 13.3. The fraction of sp³-hybridized carbons (Fsp3) is 0.318. The zero-order chi connectivity index (χ0) is 21.0. The summed E-state index contributed by atoms with van der Waals surface area (Å²) < 4.78 is 18.5. The van der Waals surface area contributed by atoms with Gasteiger partial charge in [0, 0.05) is 44.6 Å². The first-order valence-electron chi connectivity index (χ1n) is 9.76. The molecule has 0 aliphatic carbocycles. The highest BCUT2D eigenvalue weighted by atomic mass is 19.1. The lowest BCUT2D eigenvalue weighted by Gasteiger charge is -2.35. The van der Waals surface area contributed by atoms with Crippen molar-refractivity contribution in [3.8, 4) is 5.75 Å². The van der Waals surface area contributed by atoms with Crippen LogP contribution in [-0.2, 0) is 12.1 Å². The van der Waals surface area contributed by atoms with E-state index < -0.39 is 11.4 Å². The average molecular weight is 409 g/mol. The highest BCUT2D eigenvalue weighted by Gasteiger charge is 2.48.